The molecule has 2 saturated heterocycles. The number of nitrogens with one attached hydrogen (secondary N) is 2. The van der Waals surface area contributed by atoms with Gasteiger partial charge in [0.15, 0.2) is 0 Å². The molecule has 2 aliphatic heterocycles. The van der Waals surface area contributed by atoms with Gasteiger partial charge in [-0.05, 0) is 80.4 Å². The quantitative estimate of drug-likeness (QED) is 0.415. The second kappa shape index (κ2) is 14.4. The van der Waals surface area contributed by atoms with Crippen molar-refractivity contribution in [3.8, 4) is 0 Å². The molecule has 0 bridgehead atoms. The number of hydrogen-bond acceptors (Lipinski definition) is 5. The number of nitrogens with zero attached hydrogens (tertiary/aromatic N) is 2. The summed E-state index contributed by atoms with van der Waals surface area (Å²) in [5, 5.41) is 13.3. The summed E-state index contributed by atoms with van der Waals surface area (Å²) in [6, 6.07) is 14.9. The van der Waals surface area contributed by atoms with Crippen molar-refractivity contribution in [3.05, 3.63) is 70.8 Å². The molecular formula is C33H44N4O5. The van der Waals surface area contributed by atoms with Crippen molar-refractivity contribution in [1.82, 2.24) is 20.4 Å². The van der Waals surface area contributed by atoms with Gasteiger partial charge in [0.25, 0.3) is 12.4 Å². The van der Waals surface area contributed by atoms with Gasteiger partial charge in [-0.15, -0.1) is 0 Å². The van der Waals surface area contributed by atoms with Gasteiger partial charge in [-0.25, -0.2) is 0 Å². The van der Waals surface area contributed by atoms with Crippen LogP contribution in [0.4, 0.5) is 0 Å². The van der Waals surface area contributed by atoms with E-state index in [0.717, 1.165) is 57.2 Å². The molecule has 0 saturated carbocycles. The SMILES string of the molecule is CCC(CC)[C@@H]1C(=O)N[C@H](C2Cc3ccccc3C2)C(=O)N1Cc1ccccc1C(=O)NC1CCN(C)CC1.O=CO. The molecule has 0 radical (unpaired) electrons. The Labute approximate surface area is 248 Å². The molecule has 9 heteroatoms. The fourth-order valence-corrected chi connectivity index (χ4v) is 6.77. The summed E-state index contributed by atoms with van der Waals surface area (Å²) >= 11 is 0. The summed E-state index contributed by atoms with van der Waals surface area (Å²) in [5.41, 5.74) is 3.89. The van der Waals surface area contributed by atoms with Crippen LogP contribution in [-0.2, 0) is 33.8 Å². The maximum absolute atomic E-state index is 14.2. The molecule has 9 nitrogen and oxygen atoms in total. The van der Waals surface area contributed by atoms with Gasteiger partial charge in [-0.3, -0.25) is 19.2 Å². The monoisotopic (exact) mass is 576 g/mol. The first kappa shape index (κ1) is 31.2. The van der Waals surface area contributed by atoms with Gasteiger partial charge in [-0.1, -0.05) is 69.2 Å². The Balaban J connectivity index is 0.00000129. The molecule has 2 heterocycles. The number of likely N-dealkylation sites (tertiary alicyclic amines) is 1. The van der Waals surface area contributed by atoms with Crippen LogP contribution in [0.5, 0.6) is 0 Å². The Morgan fingerprint density at radius 3 is 2.19 bits per heavy atom. The Morgan fingerprint density at radius 1 is 1.02 bits per heavy atom. The van der Waals surface area contributed by atoms with Gasteiger partial charge in [0.1, 0.15) is 12.1 Å². The highest BCUT2D eigenvalue weighted by atomic mass is 16.3. The van der Waals surface area contributed by atoms with Crippen molar-refractivity contribution in [1.29, 1.82) is 0 Å². The fourth-order valence-electron chi connectivity index (χ4n) is 6.77. The average Bonchev–Trinajstić information content (AvgIpc) is 3.42. The number of fused-ring (bicyclic) bond motifs is 1. The van der Waals surface area contributed by atoms with E-state index in [2.05, 4.69) is 48.6 Å². The third-order valence-corrected chi connectivity index (χ3v) is 9.16. The number of amides is 3. The average molecular weight is 577 g/mol. The third kappa shape index (κ3) is 7.01. The molecule has 3 aliphatic rings. The van der Waals surface area contributed by atoms with Crippen molar-refractivity contribution >= 4 is 24.2 Å². The minimum absolute atomic E-state index is 0.0326. The van der Waals surface area contributed by atoms with E-state index < -0.39 is 12.1 Å². The van der Waals surface area contributed by atoms with E-state index in [-0.39, 0.29) is 48.6 Å². The van der Waals surface area contributed by atoms with Crippen LogP contribution in [0.3, 0.4) is 0 Å². The van der Waals surface area contributed by atoms with Gasteiger partial charge in [0.05, 0.1) is 0 Å². The lowest BCUT2D eigenvalue weighted by molar-refractivity contribution is -0.154. The predicted octanol–water partition coefficient (Wildman–Crippen LogP) is 3.26. The van der Waals surface area contributed by atoms with Gasteiger partial charge < -0.3 is 25.5 Å². The second-order valence-electron chi connectivity index (χ2n) is 11.7. The first-order valence-corrected chi connectivity index (χ1v) is 15.1. The largest absolute Gasteiger partial charge is 0.483 e. The van der Waals surface area contributed by atoms with E-state index in [1.165, 1.54) is 11.1 Å². The van der Waals surface area contributed by atoms with Gasteiger partial charge >= 0.3 is 0 Å². The lowest BCUT2D eigenvalue weighted by Gasteiger charge is -2.44. The van der Waals surface area contributed by atoms with E-state index in [1.54, 1.807) is 4.90 Å². The lowest BCUT2D eigenvalue weighted by Crippen LogP contribution is -2.66. The van der Waals surface area contributed by atoms with Crippen LogP contribution >= 0.6 is 0 Å². The van der Waals surface area contributed by atoms with Crippen LogP contribution in [0.15, 0.2) is 48.5 Å². The predicted molar refractivity (Wildman–Crippen MR) is 161 cm³/mol. The Morgan fingerprint density at radius 2 is 1.60 bits per heavy atom. The Kier molecular flexibility index (Phi) is 10.7. The number of piperazine rings is 1. The summed E-state index contributed by atoms with van der Waals surface area (Å²) in [6.45, 7) is 6.08. The highest BCUT2D eigenvalue weighted by Crippen LogP contribution is 2.33. The van der Waals surface area contributed by atoms with Crippen LogP contribution in [0.2, 0.25) is 0 Å². The highest BCUT2D eigenvalue weighted by Gasteiger charge is 2.47. The Bertz CT molecular complexity index is 1230. The first-order valence-electron chi connectivity index (χ1n) is 15.1. The highest BCUT2D eigenvalue weighted by molar-refractivity contribution is 5.98. The maximum Gasteiger partial charge on any atom is 0.290 e. The van der Waals surface area contributed by atoms with Crippen LogP contribution in [-0.4, -0.2) is 77.4 Å². The molecule has 226 valence electrons. The topological polar surface area (TPSA) is 119 Å². The number of rotatable bonds is 8. The zero-order chi connectivity index (χ0) is 30.2. The zero-order valence-electron chi connectivity index (χ0n) is 24.9. The molecule has 0 spiro atoms. The molecular weight excluding hydrogens is 532 g/mol. The van der Waals surface area contributed by atoms with E-state index >= 15 is 0 Å². The molecule has 2 fully saturated rings. The number of hydrogen-bond donors (Lipinski definition) is 3. The second-order valence-corrected chi connectivity index (χ2v) is 11.7. The van der Waals surface area contributed by atoms with E-state index in [9.17, 15) is 14.4 Å². The van der Waals surface area contributed by atoms with Gasteiger partial charge in [-0.2, -0.15) is 0 Å². The summed E-state index contributed by atoms with van der Waals surface area (Å²) in [7, 11) is 2.10. The van der Waals surface area contributed by atoms with Crippen LogP contribution < -0.4 is 10.6 Å². The van der Waals surface area contributed by atoms with Crippen LogP contribution in [0.25, 0.3) is 0 Å². The maximum atomic E-state index is 14.2. The fraction of sp³-hybridized carbons (Fsp3) is 0.515. The van der Waals surface area contributed by atoms with Crippen LogP contribution in [0, 0.1) is 11.8 Å². The van der Waals surface area contributed by atoms with Gasteiger partial charge in [0, 0.05) is 18.2 Å². The molecule has 42 heavy (non-hydrogen) atoms. The summed E-state index contributed by atoms with van der Waals surface area (Å²) in [5.74, 6) is -0.119. The summed E-state index contributed by atoms with van der Waals surface area (Å²) in [4.78, 5) is 53.7. The standard InChI is InChI=1S/C32H42N4O3.CH2O2/c1-4-21(5-2)29-31(38)34-28(25-18-22-10-6-7-11-23(22)19-25)32(39)36(29)20-24-12-8-9-13-27(24)30(37)33-26-14-16-35(3)17-15-26;2-1-3/h6-13,21,25-26,28-29H,4-5,14-20H2,1-3H3,(H,33,37)(H,34,38);1H,(H,2,3)/t28-,29-;/m1./s1. The summed E-state index contributed by atoms with van der Waals surface area (Å²) < 4.78 is 0. The number of carbonyl (C=O) groups excluding carboxylic acids is 3. The molecule has 3 amide bonds. The molecule has 3 N–H and O–H groups in total. The van der Waals surface area contributed by atoms with Crippen molar-refractivity contribution in [3.63, 3.8) is 0 Å². The lowest BCUT2D eigenvalue weighted by atomic mass is 9.85. The molecule has 2 aromatic rings. The molecule has 1 aliphatic carbocycles. The molecule has 2 aromatic carbocycles. The first-order chi connectivity index (χ1) is 20.3. The van der Waals surface area contributed by atoms with Crippen molar-refractivity contribution in [2.45, 2.75) is 77.0 Å². The number of piperidine rings is 1. The van der Waals surface area contributed by atoms with Crippen molar-refractivity contribution < 1.29 is 24.3 Å². The minimum Gasteiger partial charge on any atom is -0.483 e. The minimum atomic E-state index is -0.560. The number of benzene rings is 2. The van der Waals surface area contributed by atoms with E-state index in [0.29, 0.717) is 5.56 Å². The Hall–Kier alpha value is -3.72. The van der Waals surface area contributed by atoms with Crippen molar-refractivity contribution in [2.75, 3.05) is 20.1 Å². The zero-order valence-corrected chi connectivity index (χ0v) is 24.9. The van der Waals surface area contributed by atoms with Gasteiger partial charge in [0.2, 0.25) is 11.8 Å². The number of carboxylic acid groups (broad SMARTS) is 1. The summed E-state index contributed by atoms with van der Waals surface area (Å²) in [6.07, 6.45) is 5.03. The van der Waals surface area contributed by atoms with Crippen molar-refractivity contribution in [2.24, 2.45) is 11.8 Å². The van der Waals surface area contributed by atoms with E-state index in [1.807, 2.05) is 36.4 Å². The molecule has 0 unspecified atom stereocenters. The van der Waals surface area contributed by atoms with E-state index in [4.69, 9.17) is 9.90 Å². The molecule has 5 rings (SSSR count). The van der Waals surface area contributed by atoms with Crippen LogP contribution in [0.1, 0.15) is 66.6 Å². The third-order valence-electron chi connectivity index (χ3n) is 9.16. The smallest absolute Gasteiger partial charge is 0.290 e. The normalized spacial score (nSPS) is 21.4. The number of carbonyl (C=O) groups is 4. The molecule has 0 aromatic heterocycles. The molecule has 2 atom stereocenters.